The lowest BCUT2D eigenvalue weighted by Crippen LogP contribution is -2.45. The highest BCUT2D eigenvalue weighted by Crippen LogP contribution is 2.37. The van der Waals surface area contributed by atoms with Crippen LogP contribution in [0.25, 0.3) is 16.7 Å². The van der Waals surface area contributed by atoms with Crippen molar-refractivity contribution in [2.45, 2.75) is 32.0 Å². The first-order chi connectivity index (χ1) is 17.2. The average molecular weight is 498 g/mol. The molecule has 2 aromatic rings. The maximum atomic E-state index is 14.3. The van der Waals surface area contributed by atoms with Crippen molar-refractivity contribution in [3.05, 3.63) is 70.5 Å². The summed E-state index contributed by atoms with van der Waals surface area (Å²) in [7, 11) is 1.99. The van der Waals surface area contributed by atoms with Crippen molar-refractivity contribution in [2.24, 2.45) is 5.92 Å². The van der Waals surface area contributed by atoms with Gasteiger partial charge in [-0.25, -0.2) is 4.98 Å². The van der Waals surface area contributed by atoms with Gasteiger partial charge in [0.1, 0.15) is 11.6 Å². The summed E-state index contributed by atoms with van der Waals surface area (Å²) >= 11 is 0. The number of pyridine rings is 2. The number of anilines is 2. The lowest BCUT2D eigenvalue weighted by Gasteiger charge is -2.34. The molecule has 3 heterocycles. The maximum Gasteiger partial charge on any atom is 0.417 e. The summed E-state index contributed by atoms with van der Waals surface area (Å²) in [6, 6.07) is 2.19. The molecule has 2 atom stereocenters. The molecule has 1 N–H and O–H groups in total. The van der Waals surface area contributed by atoms with Crippen LogP contribution in [0, 0.1) is 5.92 Å². The zero-order chi connectivity index (χ0) is 25.4. The van der Waals surface area contributed by atoms with Gasteiger partial charge >= 0.3 is 6.18 Å². The highest BCUT2D eigenvalue weighted by atomic mass is 19.4. The molecule has 36 heavy (non-hydrogen) atoms. The average Bonchev–Trinajstić information content (AvgIpc) is 2.85. The van der Waals surface area contributed by atoms with Crippen LogP contribution in [0.15, 0.2) is 59.5 Å². The van der Waals surface area contributed by atoms with Gasteiger partial charge in [-0.1, -0.05) is 43.4 Å². The molecule has 0 amide bonds. The minimum absolute atomic E-state index is 0.0227. The Morgan fingerprint density at radius 1 is 1.06 bits per heavy atom. The van der Waals surface area contributed by atoms with Gasteiger partial charge in [0.05, 0.1) is 17.0 Å². The minimum atomic E-state index is -4.70. The van der Waals surface area contributed by atoms with E-state index < -0.39 is 22.6 Å². The molecule has 0 aromatic carbocycles. The van der Waals surface area contributed by atoms with Crippen LogP contribution in [-0.2, 0) is 6.18 Å². The molecule has 1 aliphatic heterocycles. The topological polar surface area (TPSA) is 53.4 Å². The Bertz CT molecular complexity index is 1330. The standard InChI is InChI=1S/C27H30F3N5O/c1-18-8-6-7-11-21(18)31-24-17-22(36)25-20(27(28,29)30)16-23(34-14-12-33(2)13-15-34)32-26(25)35(24)19-9-4-3-5-10-19/h4,6-11,16-18,21,31H,3,5,12-15H2,1-2H3. The van der Waals surface area contributed by atoms with E-state index in [2.05, 4.69) is 10.2 Å². The largest absolute Gasteiger partial charge is 0.417 e. The Morgan fingerprint density at radius 2 is 1.81 bits per heavy atom. The van der Waals surface area contributed by atoms with E-state index in [1.165, 1.54) is 6.07 Å². The number of allylic oxidation sites excluding steroid dienone is 6. The zero-order valence-corrected chi connectivity index (χ0v) is 20.4. The second-order valence-electron chi connectivity index (χ2n) is 9.65. The van der Waals surface area contributed by atoms with Crippen LogP contribution in [-0.4, -0.2) is 53.7 Å². The summed E-state index contributed by atoms with van der Waals surface area (Å²) in [4.78, 5) is 22.0. The van der Waals surface area contributed by atoms with E-state index in [1.807, 2.05) is 61.4 Å². The van der Waals surface area contributed by atoms with Crippen molar-refractivity contribution in [1.82, 2.24) is 14.5 Å². The van der Waals surface area contributed by atoms with Crippen LogP contribution < -0.4 is 15.6 Å². The maximum absolute atomic E-state index is 14.3. The van der Waals surface area contributed by atoms with E-state index in [9.17, 15) is 18.0 Å². The summed E-state index contributed by atoms with van der Waals surface area (Å²) in [5.74, 6) is 0.807. The monoisotopic (exact) mass is 497 g/mol. The Hall–Kier alpha value is -3.33. The second kappa shape index (κ2) is 9.61. The number of nitrogens with zero attached hydrogens (tertiary/aromatic N) is 4. The molecule has 0 saturated carbocycles. The number of nitrogens with one attached hydrogen (secondary N) is 1. The van der Waals surface area contributed by atoms with E-state index in [0.717, 1.165) is 32.0 Å². The summed E-state index contributed by atoms with van der Waals surface area (Å²) in [6.45, 7) is 4.62. The third kappa shape index (κ3) is 4.72. The third-order valence-electron chi connectivity index (χ3n) is 7.05. The molecular formula is C27H30F3N5O. The van der Waals surface area contributed by atoms with Crippen molar-refractivity contribution in [1.29, 1.82) is 0 Å². The second-order valence-corrected chi connectivity index (χ2v) is 9.65. The summed E-state index contributed by atoms with van der Waals surface area (Å²) < 4.78 is 44.7. The van der Waals surface area contributed by atoms with E-state index in [4.69, 9.17) is 4.98 Å². The van der Waals surface area contributed by atoms with Gasteiger partial charge in [0.2, 0.25) is 0 Å². The Labute approximate surface area is 208 Å². The minimum Gasteiger partial charge on any atom is -0.364 e. The molecule has 1 fully saturated rings. The molecule has 0 spiro atoms. The van der Waals surface area contributed by atoms with E-state index in [1.54, 1.807) is 4.57 Å². The fourth-order valence-corrected chi connectivity index (χ4v) is 4.92. The normalized spacial score (nSPS) is 22.8. The van der Waals surface area contributed by atoms with E-state index in [0.29, 0.717) is 24.6 Å². The molecule has 5 rings (SSSR count). The fourth-order valence-electron chi connectivity index (χ4n) is 4.92. The first kappa shape index (κ1) is 24.4. The number of likely N-dealkylation sites (N-methyl/N-ethyl adjacent to an activating group) is 1. The van der Waals surface area contributed by atoms with Crippen molar-refractivity contribution in [3.8, 4) is 0 Å². The highest BCUT2D eigenvalue weighted by Gasteiger charge is 2.36. The Kier molecular flexibility index (Phi) is 6.51. The van der Waals surface area contributed by atoms with Gasteiger partial charge in [-0.2, -0.15) is 13.2 Å². The molecule has 1 saturated heterocycles. The summed E-state index contributed by atoms with van der Waals surface area (Å²) in [6.07, 6.45) is 10.7. The van der Waals surface area contributed by atoms with Gasteiger partial charge in [-0.15, -0.1) is 0 Å². The lowest BCUT2D eigenvalue weighted by atomic mass is 9.97. The number of halogens is 3. The van der Waals surface area contributed by atoms with Crippen LogP contribution in [0.1, 0.15) is 25.3 Å². The molecule has 3 aliphatic rings. The molecule has 9 heteroatoms. The van der Waals surface area contributed by atoms with E-state index >= 15 is 0 Å². The van der Waals surface area contributed by atoms with Gasteiger partial charge in [-0.3, -0.25) is 9.36 Å². The Morgan fingerprint density at radius 3 is 2.47 bits per heavy atom. The number of fused-ring (bicyclic) bond motifs is 1. The number of aromatic nitrogens is 2. The van der Waals surface area contributed by atoms with Crippen LogP contribution in [0.4, 0.5) is 24.8 Å². The van der Waals surface area contributed by atoms with Crippen molar-refractivity contribution in [3.63, 3.8) is 0 Å². The molecule has 0 radical (unpaired) electrons. The lowest BCUT2D eigenvalue weighted by molar-refractivity contribution is -0.136. The molecule has 2 unspecified atom stereocenters. The quantitative estimate of drug-likeness (QED) is 0.651. The predicted octanol–water partition coefficient (Wildman–Crippen LogP) is 4.90. The molecule has 2 aromatic heterocycles. The number of rotatable bonds is 4. The summed E-state index contributed by atoms with van der Waals surface area (Å²) in [5, 5.41) is 3.00. The molecule has 0 bridgehead atoms. The van der Waals surface area contributed by atoms with Crippen molar-refractivity contribution < 1.29 is 13.2 Å². The molecule has 2 aliphatic carbocycles. The van der Waals surface area contributed by atoms with Gasteiger partial charge in [0, 0.05) is 37.9 Å². The molecule has 6 nitrogen and oxygen atoms in total. The third-order valence-corrected chi connectivity index (χ3v) is 7.05. The van der Waals surface area contributed by atoms with Crippen LogP contribution >= 0.6 is 0 Å². The van der Waals surface area contributed by atoms with Gasteiger partial charge in [-0.05, 0) is 37.9 Å². The SMILES string of the molecule is CC1C=CC=CC1Nc1cc(=O)c2c(C(F)(F)F)cc(N3CCN(C)CC3)nc2n1C1=CCCC=C1. The van der Waals surface area contributed by atoms with Crippen LogP contribution in [0.5, 0.6) is 0 Å². The highest BCUT2D eigenvalue weighted by molar-refractivity contribution is 5.88. The molecule has 190 valence electrons. The number of piperazine rings is 1. The Balaban J connectivity index is 1.76. The van der Waals surface area contributed by atoms with Crippen LogP contribution in [0.2, 0.25) is 0 Å². The van der Waals surface area contributed by atoms with Crippen LogP contribution in [0.3, 0.4) is 0 Å². The smallest absolute Gasteiger partial charge is 0.364 e. The molecular weight excluding hydrogens is 467 g/mol. The number of hydrogen-bond donors (Lipinski definition) is 1. The number of hydrogen-bond acceptors (Lipinski definition) is 5. The van der Waals surface area contributed by atoms with Crippen molar-refractivity contribution in [2.75, 3.05) is 43.4 Å². The first-order valence-electron chi connectivity index (χ1n) is 12.3. The van der Waals surface area contributed by atoms with E-state index in [-0.39, 0.29) is 23.4 Å². The predicted molar refractivity (Wildman–Crippen MR) is 138 cm³/mol. The number of alkyl halides is 3. The van der Waals surface area contributed by atoms with Gasteiger partial charge in [0.25, 0.3) is 0 Å². The van der Waals surface area contributed by atoms with Gasteiger partial charge in [0.15, 0.2) is 11.1 Å². The zero-order valence-electron chi connectivity index (χ0n) is 20.4. The summed E-state index contributed by atoms with van der Waals surface area (Å²) in [5.41, 5.74) is -0.916. The fraction of sp³-hybridized carbons (Fsp3) is 0.407. The first-order valence-corrected chi connectivity index (χ1v) is 12.3. The van der Waals surface area contributed by atoms with Crippen molar-refractivity contribution >= 4 is 28.4 Å². The van der Waals surface area contributed by atoms with Gasteiger partial charge < -0.3 is 15.1 Å².